The highest BCUT2D eigenvalue weighted by molar-refractivity contribution is 5.67. The predicted molar refractivity (Wildman–Crippen MR) is 121 cm³/mol. The molecule has 1 N–H and O–H groups in total. The minimum atomic E-state index is 0.0968. The van der Waals surface area contributed by atoms with Crippen LogP contribution in [-0.4, -0.2) is 44.3 Å². The summed E-state index contributed by atoms with van der Waals surface area (Å²) in [5, 5.41) is 12.8. The van der Waals surface area contributed by atoms with Gasteiger partial charge in [0.05, 0.1) is 5.69 Å². The SMILES string of the molecule is CN(c1ccc(-c2ccc(-c3cncnc3)cc2)nn1)C1CC(C)(C)NC(C)(C)C1. The molecule has 1 fully saturated rings. The van der Waals surface area contributed by atoms with Crippen molar-refractivity contribution in [2.75, 3.05) is 11.9 Å². The highest BCUT2D eigenvalue weighted by atomic mass is 15.3. The van der Waals surface area contributed by atoms with Gasteiger partial charge in [-0.2, -0.15) is 0 Å². The van der Waals surface area contributed by atoms with Crippen LogP contribution < -0.4 is 10.2 Å². The van der Waals surface area contributed by atoms with Crippen molar-refractivity contribution in [3.63, 3.8) is 0 Å². The van der Waals surface area contributed by atoms with E-state index in [2.05, 4.69) is 102 Å². The van der Waals surface area contributed by atoms with Gasteiger partial charge in [0.15, 0.2) is 5.82 Å². The largest absolute Gasteiger partial charge is 0.355 e. The van der Waals surface area contributed by atoms with Crippen molar-refractivity contribution in [3.8, 4) is 22.4 Å². The number of nitrogens with zero attached hydrogens (tertiary/aromatic N) is 5. The Balaban J connectivity index is 1.50. The molecule has 2 aromatic heterocycles. The van der Waals surface area contributed by atoms with Gasteiger partial charge in [-0.25, -0.2) is 9.97 Å². The van der Waals surface area contributed by atoms with Crippen LogP contribution >= 0.6 is 0 Å². The first kappa shape index (κ1) is 20.4. The second-order valence-corrected chi connectivity index (χ2v) is 9.55. The van der Waals surface area contributed by atoms with Gasteiger partial charge in [-0.1, -0.05) is 24.3 Å². The zero-order valence-electron chi connectivity index (χ0n) is 18.4. The molecule has 6 heteroatoms. The summed E-state index contributed by atoms with van der Waals surface area (Å²) in [5.41, 5.74) is 4.19. The van der Waals surface area contributed by atoms with Gasteiger partial charge in [0.25, 0.3) is 0 Å². The average molecular weight is 403 g/mol. The summed E-state index contributed by atoms with van der Waals surface area (Å²) in [6, 6.07) is 12.8. The highest BCUT2D eigenvalue weighted by Gasteiger charge is 2.39. The van der Waals surface area contributed by atoms with Crippen LogP contribution in [-0.2, 0) is 0 Å². The van der Waals surface area contributed by atoms with Crippen LogP contribution in [0.2, 0.25) is 0 Å². The summed E-state index contributed by atoms with van der Waals surface area (Å²) >= 11 is 0. The standard InChI is InChI=1S/C24H30N6/c1-23(2)12-20(13-24(3,4)29-23)30(5)22-11-10-21(27-28-22)18-8-6-17(7-9-18)19-14-25-16-26-15-19/h6-11,14-16,20,29H,12-13H2,1-5H3. The van der Waals surface area contributed by atoms with Gasteiger partial charge in [-0.05, 0) is 58.2 Å². The number of benzene rings is 1. The van der Waals surface area contributed by atoms with Gasteiger partial charge in [0.2, 0.25) is 0 Å². The van der Waals surface area contributed by atoms with E-state index in [-0.39, 0.29) is 11.1 Å². The third kappa shape index (κ3) is 4.49. The van der Waals surface area contributed by atoms with Gasteiger partial charge in [-0.15, -0.1) is 10.2 Å². The van der Waals surface area contributed by atoms with Crippen molar-refractivity contribution in [3.05, 3.63) is 55.1 Å². The quantitative estimate of drug-likeness (QED) is 0.700. The van der Waals surface area contributed by atoms with Crippen LogP contribution in [0.1, 0.15) is 40.5 Å². The third-order valence-corrected chi connectivity index (χ3v) is 5.80. The van der Waals surface area contributed by atoms with E-state index < -0.39 is 0 Å². The molecule has 4 rings (SSSR count). The maximum atomic E-state index is 4.54. The molecule has 0 saturated carbocycles. The topological polar surface area (TPSA) is 66.8 Å². The summed E-state index contributed by atoms with van der Waals surface area (Å²) < 4.78 is 0. The van der Waals surface area contributed by atoms with E-state index >= 15 is 0 Å². The predicted octanol–water partition coefficient (Wildman–Crippen LogP) is 4.35. The van der Waals surface area contributed by atoms with E-state index in [1.165, 1.54) is 6.33 Å². The number of hydrogen-bond acceptors (Lipinski definition) is 6. The first-order valence-corrected chi connectivity index (χ1v) is 10.4. The Morgan fingerprint density at radius 3 is 1.97 bits per heavy atom. The number of piperidine rings is 1. The lowest BCUT2D eigenvalue weighted by atomic mass is 9.79. The Hall–Kier alpha value is -2.86. The Bertz CT molecular complexity index is 964. The van der Waals surface area contributed by atoms with Gasteiger partial charge in [-0.3, -0.25) is 0 Å². The Labute approximate surface area is 178 Å². The van der Waals surface area contributed by atoms with E-state index in [0.717, 1.165) is 41.0 Å². The summed E-state index contributed by atoms with van der Waals surface area (Å²) in [6.07, 6.45) is 7.31. The van der Waals surface area contributed by atoms with Crippen molar-refractivity contribution < 1.29 is 0 Å². The fraction of sp³-hybridized carbons (Fsp3) is 0.417. The summed E-state index contributed by atoms with van der Waals surface area (Å²) in [7, 11) is 2.13. The van der Waals surface area contributed by atoms with Gasteiger partial charge >= 0.3 is 0 Å². The molecule has 6 nitrogen and oxygen atoms in total. The lowest BCUT2D eigenvalue weighted by Gasteiger charge is -2.49. The number of aromatic nitrogens is 4. The van der Waals surface area contributed by atoms with Gasteiger partial charge in [0.1, 0.15) is 6.33 Å². The first-order valence-electron chi connectivity index (χ1n) is 10.4. The van der Waals surface area contributed by atoms with Crippen LogP contribution in [0.3, 0.4) is 0 Å². The molecule has 3 aromatic rings. The van der Waals surface area contributed by atoms with Gasteiger partial charge < -0.3 is 10.2 Å². The van der Waals surface area contributed by atoms with Crippen LogP contribution in [0.5, 0.6) is 0 Å². The molecule has 0 radical (unpaired) electrons. The molecule has 0 unspecified atom stereocenters. The number of hydrogen-bond donors (Lipinski definition) is 1. The summed E-state index contributed by atoms with van der Waals surface area (Å²) in [4.78, 5) is 10.4. The van der Waals surface area contributed by atoms with Crippen molar-refractivity contribution in [2.45, 2.75) is 57.7 Å². The van der Waals surface area contributed by atoms with Crippen LogP contribution in [0.15, 0.2) is 55.1 Å². The molecule has 1 saturated heterocycles. The zero-order chi connectivity index (χ0) is 21.4. The molecule has 0 aliphatic carbocycles. The zero-order valence-corrected chi connectivity index (χ0v) is 18.4. The van der Waals surface area contributed by atoms with Crippen LogP contribution in [0, 0.1) is 0 Å². The smallest absolute Gasteiger partial charge is 0.151 e. The molecule has 0 amide bonds. The molecule has 1 aromatic carbocycles. The minimum Gasteiger partial charge on any atom is -0.355 e. The maximum Gasteiger partial charge on any atom is 0.151 e. The molecule has 30 heavy (non-hydrogen) atoms. The minimum absolute atomic E-state index is 0.0968. The molecular weight excluding hydrogens is 372 g/mol. The van der Waals surface area contributed by atoms with E-state index in [0.29, 0.717) is 6.04 Å². The lowest BCUT2D eigenvalue weighted by Crippen LogP contribution is -2.62. The summed E-state index contributed by atoms with van der Waals surface area (Å²) in [5.74, 6) is 0.912. The molecule has 1 aliphatic heterocycles. The summed E-state index contributed by atoms with van der Waals surface area (Å²) in [6.45, 7) is 9.09. The van der Waals surface area contributed by atoms with Crippen LogP contribution in [0.25, 0.3) is 22.4 Å². The fourth-order valence-electron chi connectivity index (χ4n) is 4.68. The maximum absolute atomic E-state index is 4.54. The molecular formula is C24H30N6. The molecule has 156 valence electrons. The van der Waals surface area contributed by atoms with E-state index in [1.807, 2.05) is 12.4 Å². The Kier molecular flexibility index (Phi) is 5.28. The molecule has 0 bridgehead atoms. The van der Waals surface area contributed by atoms with Crippen LogP contribution in [0.4, 0.5) is 5.82 Å². The van der Waals surface area contributed by atoms with E-state index in [1.54, 1.807) is 0 Å². The van der Waals surface area contributed by atoms with Crippen molar-refractivity contribution >= 4 is 5.82 Å². The lowest BCUT2D eigenvalue weighted by molar-refractivity contribution is 0.160. The number of rotatable bonds is 4. The Morgan fingerprint density at radius 1 is 0.800 bits per heavy atom. The second-order valence-electron chi connectivity index (χ2n) is 9.55. The Morgan fingerprint density at radius 2 is 1.40 bits per heavy atom. The fourth-order valence-corrected chi connectivity index (χ4v) is 4.68. The number of anilines is 1. The molecule has 1 aliphatic rings. The van der Waals surface area contributed by atoms with Crippen molar-refractivity contribution in [1.29, 1.82) is 0 Å². The molecule has 0 atom stereocenters. The molecule has 3 heterocycles. The van der Waals surface area contributed by atoms with Crippen molar-refractivity contribution in [2.24, 2.45) is 0 Å². The van der Waals surface area contributed by atoms with Crippen molar-refractivity contribution in [1.82, 2.24) is 25.5 Å². The highest BCUT2D eigenvalue weighted by Crippen LogP contribution is 2.33. The second kappa shape index (κ2) is 7.76. The van der Waals surface area contributed by atoms with Gasteiger partial charge in [0, 0.05) is 47.7 Å². The molecule has 0 spiro atoms. The van der Waals surface area contributed by atoms with E-state index in [9.17, 15) is 0 Å². The normalized spacial score (nSPS) is 18.2. The number of nitrogens with one attached hydrogen (secondary N) is 1. The average Bonchev–Trinajstić information content (AvgIpc) is 2.72. The third-order valence-electron chi connectivity index (χ3n) is 5.80. The first-order chi connectivity index (χ1) is 14.2. The monoisotopic (exact) mass is 402 g/mol. The van der Waals surface area contributed by atoms with E-state index in [4.69, 9.17) is 0 Å².